The van der Waals surface area contributed by atoms with Crippen LogP contribution in [0.3, 0.4) is 0 Å². The Morgan fingerprint density at radius 2 is 1.80 bits per heavy atom. The summed E-state index contributed by atoms with van der Waals surface area (Å²) in [7, 11) is 0. The van der Waals surface area contributed by atoms with E-state index < -0.39 is 0 Å². The summed E-state index contributed by atoms with van der Waals surface area (Å²) < 4.78 is 0.850. The Bertz CT molecular complexity index is 730. The van der Waals surface area contributed by atoms with Gasteiger partial charge in [-0.05, 0) is 61.2 Å². The monoisotopic (exact) mass is 419 g/mol. The number of rotatable bonds is 6. The van der Waals surface area contributed by atoms with E-state index in [9.17, 15) is 4.79 Å². The van der Waals surface area contributed by atoms with Gasteiger partial charge in [-0.25, -0.2) is 0 Å². The molecule has 0 radical (unpaired) electrons. The normalized spacial score (nSPS) is 10.6. The number of nitrogens with one attached hydrogen (secondary N) is 2. The third-order valence-corrected chi connectivity index (χ3v) is 4.52. The van der Waals surface area contributed by atoms with E-state index in [1.807, 2.05) is 24.3 Å². The van der Waals surface area contributed by atoms with Crippen LogP contribution in [-0.2, 0) is 6.54 Å². The second kappa shape index (κ2) is 9.65. The molecule has 0 aromatic heterocycles. The van der Waals surface area contributed by atoms with Crippen LogP contribution >= 0.6 is 28.1 Å². The molecule has 0 fully saturated rings. The van der Waals surface area contributed by atoms with E-state index in [1.54, 1.807) is 12.1 Å². The number of benzene rings is 2. The summed E-state index contributed by atoms with van der Waals surface area (Å²) in [6.07, 6.45) is 0. The van der Waals surface area contributed by atoms with Crippen molar-refractivity contribution in [3.05, 3.63) is 64.1 Å². The molecule has 0 unspecified atom stereocenters. The number of anilines is 1. The zero-order valence-electron chi connectivity index (χ0n) is 14.4. The van der Waals surface area contributed by atoms with Crippen molar-refractivity contribution in [2.24, 2.45) is 0 Å². The molecule has 0 aliphatic rings. The maximum atomic E-state index is 12.2. The largest absolute Gasteiger partial charge is 0.332 e. The minimum atomic E-state index is -0.239. The van der Waals surface area contributed by atoms with E-state index in [0.29, 0.717) is 5.56 Å². The third kappa shape index (κ3) is 6.23. The van der Waals surface area contributed by atoms with E-state index in [1.165, 1.54) is 5.56 Å². The smallest absolute Gasteiger partial charge is 0.257 e. The first-order valence-corrected chi connectivity index (χ1v) is 9.41. The number of nitrogens with zero attached hydrogens (tertiary/aromatic N) is 1. The fourth-order valence-electron chi connectivity index (χ4n) is 2.37. The zero-order chi connectivity index (χ0) is 18.2. The lowest BCUT2D eigenvalue weighted by Gasteiger charge is -2.18. The molecule has 2 aromatic carbocycles. The van der Waals surface area contributed by atoms with Crippen molar-refractivity contribution in [2.75, 3.05) is 18.4 Å². The number of hydrogen-bond acceptors (Lipinski definition) is 3. The first-order chi connectivity index (χ1) is 12.0. The average Bonchev–Trinajstić information content (AvgIpc) is 2.61. The van der Waals surface area contributed by atoms with Crippen LogP contribution in [0.25, 0.3) is 0 Å². The molecule has 132 valence electrons. The van der Waals surface area contributed by atoms with Gasteiger partial charge in [-0.15, -0.1) is 0 Å². The van der Waals surface area contributed by atoms with Crippen molar-refractivity contribution < 1.29 is 4.79 Å². The van der Waals surface area contributed by atoms with Crippen LogP contribution in [-0.4, -0.2) is 29.0 Å². The molecule has 0 bridgehead atoms. The Balaban J connectivity index is 1.91. The Labute approximate surface area is 162 Å². The zero-order valence-corrected chi connectivity index (χ0v) is 16.8. The van der Waals surface area contributed by atoms with Gasteiger partial charge in [0.05, 0.1) is 0 Å². The molecule has 4 nitrogen and oxygen atoms in total. The van der Waals surface area contributed by atoms with Gasteiger partial charge >= 0.3 is 0 Å². The maximum Gasteiger partial charge on any atom is 0.257 e. The number of halogens is 1. The molecule has 2 rings (SSSR count). The van der Waals surface area contributed by atoms with Gasteiger partial charge < -0.3 is 5.32 Å². The van der Waals surface area contributed by atoms with E-state index in [2.05, 4.69) is 57.4 Å². The standard InChI is InChI=1S/C19H22BrN3OS/c1-3-23(4-2)13-14-8-10-17(11-9-14)21-19(25)22-18(24)15-6-5-7-16(20)12-15/h5-12H,3-4,13H2,1-2H3,(H2,21,22,24,25). The van der Waals surface area contributed by atoms with Crippen molar-refractivity contribution in [2.45, 2.75) is 20.4 Å². The van der Waals surface area contributed by atoms with Crippen LogP contribution in [0.15, 0.2) is 53.0 Å². The lowest BCUT2D eigenvalue weighted by Crippen LogP contribution is -2.34. The van der Waals surface area contributed by atoms with Crippen LogP contribution in [0.1, 0.15) is 29.8 Å². The summed E-state index contributed by atoms with van der Waals surface area (Å²) in [6, 6.07) is 15.2. The van der Waals surface area contributed by atoms with E-state index in [4.69, 9.17) is 12.2 Å². The molecule has 0 saturated heterocycles. The van der Waals surface area contributed by atoms with Crippen molar-refractivity contribution >= 4 is 44.9 Å². The Hall–Kier alpha value is -1.76. The number of carbonyl (C=O) groups is 1. The second-order valence-electron chi connectivity index (χ2n) is 5.58. The quantitative estimate of drug-likeness (QED) is 0.680. The number of thiocarbonyl (C=S) groups is 1. The highest BCUT2D eigenvalue weighted by Gasteiger charge is 2.08. The molecule has 0 aliphatic heterocycles. The molecular weight excluding hydrogens is 398 g/mol. The van der Waals surface area contributed by atoms with Gasteiger partial charge in [0, 0.05) is 22.3 Å². The highest BCUT2D eigenvalue weighted by molar-refractivity contribution is 9.10. The molecule has 0 heterocycles. The Kier molecular flexibility index (Phi) is 7.55. The predicted molar refractivity (Wildman–Crippen MR) is 111 cm³/mol. The lowest BCUT2D eigenvalue weighted by molar-refractivity contribution is 0.0977. The minimum absolute atomic E-state index is 0.239. The van der Waals surface area contributed by atoms with Gasteiger partial charge in [-0.3, -0.25) is 15.0 Å². The molecular formula is C19H22BrN3OS. The fourth-order valence-corrected chi connectivity index (χ4v) is 2.98. The second-order valence-corrected chi connectivity index (χ2v) is 6.90. The van der Waals surface area contributed by atoms with Crippen LogP contribution in [0.2, 0.25) is 0 Å². The van der Waals surface area contributed by atoms with Crippen molar-refractivity contribution in [3.8, 4) is 0 Å². The van der Waals surface area contributed by atoms with Gasteiger partial charge in [0.1, 0.15) is 0 Å². The van der Waals surface area contributed by atoms with Gasteiger partial charge in [-0.2, -0.15) is 0 Å². The summed E-state index contributed by atoms with van der Waals surface area (Å²) in [6.45, 7) is 7.30. The molecule has 1 amide bonds. The van der Waals surface area contributed by atoms with Crippen LogP contribution in [0.4, 0.5) is 5.69 Å². The van der Waals surface area contributed by atoms with Crippen molar-refractivity contribution in [1.82, 2.24) is 10.2 Å². The number of amides is 1. The molecule has 0 spiro atoms. The molecule has 2 aromatic rings. The number of hydrogen-bond donors (Lipinski definition) is 2. The summed E-state index contributed by atoms with van der Waals surface area (Å²) in [5, 5.41) is 6.01. The molecule has 0 atom stereocenters. The third-order valence-electron chi connectivity index (χ3n) is 3.83. The van der Waals surface area contributed by atoms with Gasteiger partial charge in [-0.1, -0.05) is 48.0 Å². The van der Waals surface area contributed by atoms with E-state index >= 15 is 0 Å². The maximum absolute atomic E-state index is 12.2. The Morgan fingerprint density at radius 1 is 1.12 bits per heavy atom. The van der Waals surface area contributed by atoms with Gasteiger partial charge in [0.15, 0.2) is 5.11 Å². The molecule has 25 heavy (non-hydrogen) atoms. The van der Waals surface area contributed by atoms with Crippen molar-refractivity contribution in [1.29, 1.82) is 0 Å². The molecule has 0 saturated carbocycles. The summed E-state index contributed by atoms with van der Waals surface area (Å²) >= 11 is 8.57. The van der Waals surface area contributed by atoms with Gasteiger partial charge in [0.25, 0.3) is 5.91 Å². The SMILES string of the molecule is CCN(CC)Cc1ccc(NC(=S)NC(=O)c2cccc(Br)c2)cc1. The van der Waals surface area contributed by atoms with E-state index in [-0.39, 0.29) is 11.0 Å². The fraction of sp³-hybridized carbons (Fsp3) is 0.263. The molecule has 2 N–H and O–H groups in total. The lowest BCUT2D eigenvalue weighted by atomic mass is 10.2. The highest BCUT2D eigenvalue weighted by Crippen LogP contribution is 2.13. The molecule has 6 heteroatoms. The first-order valence-electron chi connectivity index (χ1n) is 8.21. The molecule has 0 aliphatic carbocycles. The highest BCUT2D eigenvalue weighted by atomic mass is 79.9. The topological polar surface area (TPSA) is 44.4 Å². The van der Waals surface area contributed by atoms with Gasteiger partial charge in [0.2, 0.25) is 0 Å². The summed E-state index contributed by atoms with van der Waals surface area (Å²) in [5.41, 5.74) is 2.65. The van der Waals surface area contributed by atoms with Crippen molar-refractivity contribution in [3.63, 3.8) is 0 Å². The predicted octanol–water partition coefficient (Wildman–Crippen LogP) is 4.42. The number of carbonyl (C=O) groups excluding carboxylic acids is 1. The summed E-state index contributed by atoms with van der Waals surface area (Å²) in [4.78, 5) is 14.5. The first kappa shape index (κ1) is 19.6. The minimum Gasteiger partial charge on any atom is -0.332 e. The van der Waals surface area contributed by atoms with Crippen LogP contribution in [0.5, 0.6) is 0 Å². The Morgan fingerprint density at radius 3 is 2.40 bits per heavy atom. The average molecular weight is 420 g/mol. The van der Waals surface area contributed by atoms with E-state index in [0.717, 1.165) is 29.8 Å². The summed E-state index contributed by atoms with van der Waals surface area (Å²) in [5.74, 6) is -0.239. The van der Waals surface area contributed by atoms with Crippen LogP contribution in [0, 0.1) is 0 Å². The van der Waals surface area contributed by atoms with Crippen LogP contribution < -0.4 is 10.6 Å².